The zero-order valence-electron chi connectivity index (χ0n) is 9.46. The van der Waals surface area contributed by atoms with Gasteiger partial charge >= 0.3 is 0 Å². The molecule has 18 heavy (non-hydrogen) atoms. The first-order chi connectivity index (χ1) is 8.66. The number of nitrogens with zero attached hydrogens (tertiary/aromatic N) is 2. The smallest absolute Gasteiger partial charge is 0.237 e. The summed E-state index contributed by atoms with van der Waals surface area (Å²) in [7, 11) is 0. The van der Waals surface area contributed by atoms with Gasteiger partial charge in [0.1, 0.15) is 11.3 Å². The maximum Gasteiger partial charge on any atom is 0.237 e. The van der Waals surface area contributed by atoms with Crippen molar-refractivity contribution >= 4 is 34.7 Å². The van der Waals surface area contributed by atoms with Crippen molar-refractivity contribution in [1.82, 2.24) is 10.2 Å². The highest BCUT2D eigenvalue weighted by Crippen LogP contribution is 2.25. The highest BCUT2D eigenvalue weighted by Gasteiger charge is 2.17. The second kappa shape index (κ2) is 5.92. The summed E-state index contributed by atoms with van der Waals surface area (Å²) in [6.45, 7) is 1.74. The van der Waals surface area contributed by atoms with Crippen molar-refractivity contribution in [2.75, 3.05) is 5.32 Å². The number of amides is 1. The number of aromatic nitrogens is 2. The van der Waals surface area contributed by atoms with Gasteiger partial charge in [0.05, 0.1) is 10.9 Å². The largest absolute Gasteiger partial charge is 0.323 e. The molecule has 0 aliphatic heterocycles. The molecule has 94 valence electrons. The van der Waals surface area contributed by atoms with E-state index in [1.165, 1.54) is 35.2 Å². The van der Waals surface area contributed by atoms with Crippen LogP contribution >= 0.6 is 23.1 Å². The zero-order chi connectivity index (χ0) is 13.0. The molecular weight excluding hydrogens is 273 g/mol. The topological polar surface area (TPSA) is 54.9 Å². The fourth-order valence-electron chi connectivity index (χ4n) is 1.22. The Morgan fingerprint density at radius 2 is 2.28 bits per heavy atom. The molecule has 0 saturated carbocycles. The Labute approximate surface area is 112 Å². The highest BCUT2D eigenvalue weighted by atomic mass is 32.2. The third-order valence-corrected chi connectivity index (χ3v) is 4.03. The quantitative estimate of drug-likeness (QED) is 0.877. The van der Waals surface area contributed by atoms with E-state index in [4.69, 9.17) is 0 Å². The summed E-state index contributed by atoms with van der Waals surface area (Å²) < 4.78 is 14.1. The fraction of sp³-hybridized carbons (Fsp3) is 0.182. The summed E-state index contributed by atoms with van der Waals surface area (Å²) in [6, 6.07) is 6.07. The number of rotatable bonds is 4. The van der Waals surface area contributed by atoms with Crippen molar-refractivity contribution < 1.29 is 9.18 Å². The van der Waals surface area contributed by atoms with E-state index < -0.39 is 5.82 Å². The standard InChI is InChI=1S/C11H10FN3OS2/c1-7(18-11-15-13-6-17-11)10(16)14-9-5-3-2-4-8(9)12/h2-7H,1H3,(H,14,16). The van der Waals surface area contributed by atoms with E-state index in [0.29, 0.717) is 4.34 Å². The van der Waals surface area contributed by atoms with Crippen LogP contribution in [0.25, 0.3) is 0 Å². The maximum absolute atomic E-state index is 13.3. The molecule has 1 N–H and O–H groups in total. The van der Waals surface area contributed by atoms with Crippen LogP contribution in [0.2, 0.25) is 0 Å². The van der Waals surface area contributed by atoms with Crippen molar-refractivity contribution in [1.29, 1.82) is 0 Å². The average molecular weight is 283 g/mol. The summed E-state index contributed by atoms with van der Waals surface area (Å²) in [5.74, 6) is -0.709. The lowest BCUT2D eigenvalue weighted by Gasteiger charge is -2.10. The number of carbonyl (C=O) groups is 1. The lowest BCUT2D eigenvalue weighted by Crippen LogP contribution is -2.22. The zero-order valence-corrected chi connectivity index (χ0v) is 11.1. The number of nitrogens with one attached hydrogen (secondary N) is 1. The second-order valence-electron chi connectivity index (χ2n) is 3.43. The first kappa shape index (κ1) is 13.0. The molecule has 2 aromatic rings. The van der Waals surface area contributed by atoms with Gasteiger partial charge in [0.25, 0.3) is 0 Å². The van der Waals surface area contributed by atoms with Crippen molar-refractivity contribution in [3.8, 4) is 0 Å². The lowest BCUT2D eigenvalue weighted by atomic mass is 10.3. The SMILES string of the molecule is CC(Sc1nncs1)C(=O)Nc1ccccc1F. The minimum atomic E-state index is -0.445. The number of anilines is 1. The van der Waals surface area contributed by atoms with E-state index in [1.54, 1.807) is 24.6 Å². The third kappa shape index (κ3) is 3.27. The molecule has 7 heteroatoms. The van der Waals surface area contributed by atoms with Crippen LogP contribution in [0.5, 0.6) is 0 Å². The van der Waals surface area contributed by atoms with Gasteiger partial charge in [-0.2, -0.15) is 0 Å². The Morgan fingerprint density at radius 1 is 1.50 bits per heavy atom. The Kier molecular flexibility index (Phi) is 4.27. The summed E-state index contributed by atoms with van der Waals surface area (Å²) in [5.41, 5.74) is 1.79. The molecule has 0 fully saturated rings. The van der Waals surface area contributed by atoms with E-state index >= 15 is 0 Å². The van der Waals surface area contributed by atoms with Gasteiger partial charge in [-0.3, -0.25) is 4.79 Å². The summed E-state index contributed by atoms with van der Waals surface area (Å²) >= 11 is 2.66. The summed E-state index contributed by atoms with van der Waals surface area (Å²) in [5, 5.41) is 9.71. The van der Waals surface area contributed by atoms with Crippen LogP contribution in [0, 0.1) is 5.82 Å². The molecule has 1 heterocycles. The van der Waals surface area contributed by atoms with Gasteiger partial charge in [0, 0.05) is 0 Å². The molecule has 0 aliphatic carbocycles. The molecule has 4 nitrogen and oxygen atoms in total. The molecule has 1 atom stereocenters. The third-order valence-electron chi connectivity index (χ3n) is 2.12. The number of benzene rings is 1. The van der Waals surface area contributed by atoms with Crippen molar-refractivity contribution in [3.05, 3.63) is 35.6 Å². The van der Waals surface area contributed by atoms with E-state index in [-0.39, 0.29) is 16.8 Å². The van der Waals surface area contributed by atoms with Crippen LogP contribution in [-0.4, -0.2) is 21.4 Å². The average Bonchev–Trinajstić information content (AvgIpc) is 2.84. The maximum atomic E-state index is 13.3. The van der Waals surface area contributed by atoms with Crippen molar-refractivity contribution in [2.45, 2.75) is 16.5 Å². The number of thioether (sulfide) groups is 1. The Hall–Kier alpha value is -1.47. The van der Waals surface area contributed by atoms with E-state index in [2.05, 4.69) is 15.5 Å². The van der Waals surface area contributed by atoms with Gasteiger partial charge in [-0.15, -0.1) is 10.2 Å². The van der Waals surface area contributed by atoms with Gasteiger partial charge in [-0.05, 0) is 19.1 Å². The van der Waals surface area contributed by atoms with Crippen LogP contribution in [0.15, 0.2) is 34.1 Å². The number of para-hydroxylation sites is 1. The number of halogens is 1. The van der Waals surface area contributed by atoms with Crippen LogP contribution < -0.4 is 5.32 Å². The van der Waals surface area contributed by atoms with E-state index in [9.17, 15) is 9.18 Å². The Morgan fingerprint density at radius 3 is 2.94 bits per heavy atom. The minimum Gasteiger partial charge on any atom is -0.323 e. The van der Waals surface area contributed by atoms with E-state index in [0.717, 1.165) is 0 Å². The van der Waals surface area contributed by atoms with Crippen LogP contribution in [-0.2, 0) is 4.79 Å². The van der Waals surface area contributed by atoms with Gasteiger partial charge in [0.2, 0.25) is 5.91 Å². The molecule has 1 aromatic carbocycles. The van der Waals surface area contributed by atoms with Gasteiger partial charge in [0.15, 0.2) is 4.34 Å². The number of carbonyl (C=O) groups excluding carboxylic acids is 1. The van der Waals surface area contributed by atoms with Crippen LogP contribution in [0.1, 0.15) is 6.92 Å². The molecule has 1 aromatic heterocycles. The van der Waals surface area contributed by atoms with Gasteiger partial charge in [-0.25, -0.2) is 4.39 Å². The molecule has 0 aliphatic rings. The van der Waals surface area contributed by atoms with Gasteiger partial charge < -0.3 is 5.32 Å². The molecule has 1 unspecified atom stereocenters. The minimum absolute atomic E-state index is 0.187. The van der Waals surface area contributed by atoms with Crippen molar-refractivity contribution in [2.24, 2.45) is 0 Å². The second-order valence-corrected chi connectivity index (χ2v) is 5.85. The summed E-state index contributed by atoms with van der Waals surface area (Å²) in [4.78, 5) is 11.8. The number of hydrogen-bond donors (Lipinski definition) is 1. The van der Waals surface area contributed by atoms with Crippen LogP contribution in [0.4, 0.5) is 10.1 Å². The normalized spacial score (nSPS) is 12.1. The Bertz CT molecular complexity index is 533. The lowest BCUT2D eigenvalue weighted by molar-refractivity contribution is -0.115. The monoisotopic (exact) mass is 283 g/mol. The molecule has 0 radical (unpaired) electrons. The molecular formula is C11H10FN3OS2. The molecule has 0 spiro atoms. The van der Waals surface area contributed by atoms with Gasteiger partial charge in [-0.1, -0.05) is 35.2 Å². The number of hydrogen-bond acceptors (Lipinski definition) is 5. The summed E-state index contributed by atoms with van der Waals surface area (Å²) in [6.07, 6.45) is 0. The Balaban J connectivity index is 1.98. The predicted molar refractivity (Wildman–Crippen MR) is 70.3 cm³/mol. The molecule has 0 bridgehead atoms. The predicted octanol–water partition coefficient (Wildman–Crippen LogP) is 2.80. The molecule has 1 amide bonds. The van der Waals surface area contributed by atoms with Crippen molar-refractivity contribution in [3.63, 3.8) is 0 Å². The molecule has 2 rings (SSSR count). The van der Waals surface area contributed by atoms with Crippen LogP contribution in [0.3, 0.4) is 0 Å². The first-order valence-electron chi connectivity index (χ1n) is 5.15. The highest BCUT2D eigenvalue weighted by molar-refractivity contribution is 8.02. The first-order valence-corrected chi connectivity index (χ1v) is 6.91. The van der Waals surface area contributed by atoms with E-state index in [1.807, 2.05) is 0 Å². The fourth-order valence-corrected chi connectivity index (χ4v) is 2.84. The molecule has 0 saturated heterocycles.